The van der Waals surface area contributed by atoms with Crippen LogP contribution < -0.4 is 14.4 Å². The summed E-state index contributed by atoms with van der Waals surface area (Å²) < 4.78 is 11.2. The molecule has 0 fully saturated rings. The number of hydrogen-bond acceptors (Lipinski definition) is 5. The lowest BCUT2D eigenvalue weighted by Gasteiger charge is -2.20. The van der Waals surface area contributed by atoms with E-state index in [4.69, 9.17) is 14.7 Å². The molecule has 0 saturated heterocycles. The molecule has 0 aliphatic heterocycles. The van der Waals surface area contributed by atoms with Crippen LogP contribution in [0.4, 0.5) is 5.69 Å². The van der Waals surface area contributed by atoms with Crippen LogP contribution in [0.5, 0.6) is 11.5 Å². The highest BCUT2D eigenvalue weighted by Gasteiger charge is 2.13. The number of carbonyl (C=O) groups excluding carboxylic acids is 1. The third-order valence-corrected chi connectivity index (χ3v) is 4.60. The highest BCUT2D eigenvalue weighted by atomic mass is 16.5. The topological polar surface area (TPSA) is 75.5 Å². The van der Waals surface area contributed by atoms with E-state index in [-0.39, 0.29) is 12.3 Å². The summed E-state index contributed by atoms with van der Waals surface area (Å²) in [6.45, 7) is 3.25. The Hall–Kier alpha value is -4.11. The second-order valence-electron chi connectivity index (χ2n) is 6.88. The largest absolute Gasteiger partial charge is 0.494 e. The minimum absolute atomic E-state index is 0.193. The van der Waals surface area contributed by atoms with E-state index in [2.05, 4.69) is 11.1 Å². The lowest BCUT2D eigenvalue weighted by Crippen LogP contribution is -2.30. The second kappa shape index (κ2) is 11.9. The summed E-state index contributed by atoms with van der Waals surface area (Å²) in [4.78, 5) is 18.5. The van der Waals surface area contributed by atoms with Crippen molar-refractivity contribution in [1.82, 2.24) is 4.98 Å². The molecule has 0 aliphatic carbocycles. The van der Waals surface area contributed by atoms with Crippen molar-refractivity contribution >= 4 is 17.7 Å². The number of carbonyl (C=O) groups is 1. The Labute approximate surface area is 188 Å². The fraction of sp³-hybridized carbons (Fsp3) is 0.192. The fourth-order valence-corrected chi connectivity index (χ4v) is 3.00. The SMILES string of the molecule is CCOc1ccc(N(CCC#N)C(=O)/C=C/c2ccc(OCc3cccnc3)cc2)cc1. The Morgan fingerprint density at radius 3 is 2.44 bits per heavy atom. The van der Waals surface area contributed by atoms with Gasteiger partial charge in [-0.05, 0) is 61.0 Å². The van der Waals surface area contributed by atoms with Gasteiger partial charge in [0.25, 0.3) is 5.91 Å². The maximum atomic E-state index is 12.8. The van der Waals surface area contributed by atoms with Crippen LogP contribution in [-0.2, 0) is 11.4 Å². The third kappa shape index (κ3) is 6.71. The van der Waals surface area contributed by atoms with E-state index in [0.29, 0.717) is 19.8 Å². The maximum absolute atomic E-state index is 12.8. The molecule has 3 rings (SSSR count). The van der Waals surface area contributed by atoms with Gasteiger partial charge in [-0.1, -0.05) is 18.2 Å². The fourth-order valence-electron chi connectivity index (χ4n) is 3.00. The monoisotopic (exact) mass is 427 g/mol. The quantitative estimate of drug-likeness (QED) is 0.425. The number of anilines is 1. The van der Waals surface area contributed by atoms with Crippen molar-refractivity contribution in [2.45, 2.75) is 20.0 Å². The molecule has 32 heavy (non-hydrogen) atoms. The van der Waals surface area contributed by atoms with E-state index in [1.54, 1.807) is 23.4 Å². The van der Waals surface area contributed by atoms with E-state index in [9.17, 15) is 4.79 Å². The number of nitrogens with zero attached hydrogens (tertiary/aromatic N) is 3. The Morgan fingerprint density at radius 2 is 1.78 bits per heavy atom. The summed E-state index contributed by atoms with van der Waals surface area (Å²) in [6, 6.07) is 20.7. The van der Waals surface area contributed by atoms with Crippen molar-refractivity contribution in [2.24, 2.45) is 0 Å². The van der Waals surface area contributed by atoms with Crippen molar-refractivity contribution in [1.29, 1.82) is 5.26 Å². The number of ether oxygens (including phenoxy) is 2. The molecule has 162 valence electrons. The van der Waals surface area contributed by atoms with E-state index in [0.717, 1.165) is 28.3 Å². The summed E-state index contributed by atoms with van der Waals surface area (Å²) in [6.07, 6.45) is 7.00. The molecule has 0 unspecified atom stereocenters. The van der Waals surface area contributed by atoms with Gasteiger partial charge in [-0.25, -0.2) is 0 Å². The van der Waals surface area contributed by atoms with E-state index in [1.165, 1.54) is 6.08 Å². The molecule has 0 aliphatic rings. The molecule has 1 heterocycles. The minimum Gasteiger partial charge on any atom is -0.494 e. The van der Waals surface area contributed by atoms with E-state index >= 15 is 0 Å². The normalized spacial score (nSPS) is 10.5. The highest BCUT2D eigenvalue weighted by Crippen LogP contribution is 2.21. The molecule has 0 spiro atoms. The van der Waals surface area contributed by atoms with Gasteiger partial charge in [0.05, 0.1) is 19.1 Å². The summed E-state index contributed by atoms with van der Waals surface area (Å²) in [5, 5.41) is 8.97. The van der Waals surface area contributed by atoms with Gasteiger partial charge in [0.2, 0.25) is 0 Å². The summed E-state index contributed by atoms with van der Waals surface area (Å²) in [5.74, 6) is 1.29. The van der Waals surface area contributed by atoms with Crippen molar-refractivity contribution in [2.75, 3.05) is 18.1 Å². The standard InChI is InChI=1S/C26H25N3O3/c1-2-31-24-13-9-23(10-14-24)29(18-4-16-27)26(30)15-8-21-6-11-25(12-7-21)32-20-22-5-3-17-28-19-22/h3,5-15,17,19H,2,4,18,20H2,1H3/b15-8+. The molecule has 0 radical (unpaired) electrons. The number of nitriles is 1. The van der Waals surface area contributed by atoms with Gasteiger partial charge in [-0.3, -0.25) is 9.78 Å². The van der Waals surface area contributed by atoms with Crippen LogP contribution in [0.1, 0.15) is 24.5 Å². The van der Waals surface area contributed by atoms with Crippen molar-refractivity contribution in [3.63, 3.8) is 0 Å². The van der Waals surface area contributed by atoms with Crippen molar-refractivity contribution in [3.8, 4) is 17.6 Å². The predicted octanol–water partition coefficient (Wildman–Crippen LogP) is 5.02. The minimum atomic E-state index is -0.193. The van der Waals surface area contributed by atoms with Gasteiger partial charge in [-0.2, -0.15) is 5.26 Å². The summed E-state index contributed by atoms with van der Waals surface area (Å²) in [5.41, 5.74) is 2.59. The summed E-state index contributed by atoms with van der Waals surface area (Å²) in [7, 11) is 0. The number of amides is 1. The molecule has 0 N–H and O–H groups in total. The molecular weight excluding hydrogens is 402 g/mol. The zero-order valence-corrected chi connectivity index (χ0v) is 18.0. The second-order valence-corrected chi connectivity index (χ2v) is 6.88. The lowest BCUT2D eigenvalue weighted by atomic mass is 10.2. The number of aromatic nitrogens is 1. The Kier molecular flexibility index (Phi) is 8.41. The van der Waals surface area contributed by atoms with Crippen LogP contribution in [-0.4, -0.2) is 24.0 Å². The molecule has 1 aromatic heterocycles. The number of pyridine rings is 1. The van der Waals surface area contributed by atoms with Crippen LogP contribution in [0.2, 0.25) is 0 Å². The lowest BCUT2D eigenvalue weighted by molar-refractivity contribution is -0.114. The van der Waals surface area contributed by atoms with Crippen LogP contribution >= 0.6 is 0 Å². The van der Waals surface area contributed by atoms with Gasteiger partial charge < -0.3 is 14.4 Å². The Balaban J connectivity index is 1.63. The maximum Gasteiger partial charge on any atom is 0.251 e. The average molecular weight is 428 g/mol. The van der Waals surface area contributed by atoms with Crippen molar-refractivity contribution < 1.29 is 14.3 Å². The Bertz CT molecular complexity index is 1060. The van der Waals surface area contributed by atoms with Gasteiger partial charge >= 0.3 is 0 Å². The van der Waals surface area contributed by atoms with Crippen molar-refractivity contribution in [3.05, 3.63) is 90.3 Å². The van der Waals surface area contributed by atoms with Crippen LogP contribution in [0, 0.1) is 11.3 Å². The smallest absolute Gasteiger partial charge is 0.251 e. The molecular formula is C26H25N3O3. The molecule has 6 nitrogen and oxygen atoms in total. The van der Waals surface area contributed by atoms with Crippen LogP contribution in [0.25, 0.3) is 6.08 Å². The first-order chi connectivity index (χ1) is 15.7. The Morgan fingerprint density at radius 1 is 1.06 bits per heavy atom. The summed E-state index contributed by atoms with van der Waals surface area (Å²) >= 11 is 0. The number of hydrogen-bond donors (Lipinski definition) is 0. The van der Waals surface area contributed by atoms with Gasteiger partial charge in [-0.15, -0.1) is 0 Å². The molecule has 0 atom stereocenters. The highest BCUT2D eigenvalue weighted by molar-refractivity contribution is 6.03. The first-order valence-corrected chi connectivity index (χ1v) is 10.4. The zero-order valence-electron chi connectivity index (χ0n) is 18.0. The number of benzene rings is 2. The average Bonchev–Trinajstić information content (AvgIpc) is 2.84. The molecule has 0 saturated carbocycles. The zero-order chi connectivity index (χ0) is 22.6. The van der Waals surface area contributed by atoms with Gasteiger partial charge in [0.1, 0.15) is 18.1 Å². The first kappa shape index (κ1) is 22.6. The van der Waals surface area contributed by atoms with Gasteiger partial charge in [0, 0.05) is 36.3 Å². The van der Waals surface area contributed by atoms with Crippen LogP contribution in [0.3, 0.4) is 0 Å². The van der Waals surface area contributed by atoms with Gasteiger partial charge in [0.15, 0.2) is 0 Å². The molecule has 1 amide bonds. The van der Waals surface area contributed by atoms with Crippen LogP contribution in [0.15, 0.2) is 79.1 Å². The molecule has 3 aromatic rings. The molecule has 0 bridgehead atoms. The molecule has 6 heteroatoms. The first-order valence-electron chi connectivity index (χ1n) is 10.4. The molecule has 2 aromatic carbocycles. The third-order valence-electron chi connectivity index (χ3n) is 4.60. The number of rotatable bonds is 10. The van der Waals surface area contributed by atoms with E-state index < -0.39 is 0 Å². The predicted molar refractivity (Wildman–Crippen MR) is 124 cm³/mol. The van der Waals surface area contributed by atoms with E-state index in [1.807, 2.05) is 67.6 Å².